The second kappa shape index (κ2) is 10.9. The van der Waals surface area contributed by atoms with Crippen molar-refractivity contribution in [3.63, 3.8) is 0 Å². The largest absolute Gasteiger partial charge is 0.490 e. The Balaban J connectivity index is 1.17. The fourth-order valence-corrected chi connectivity index (χ4v) is 4.86. The molecule has 1 aliphatic heterocycles. The standard InChI is InChI=1S/C29H22ClNO4S/c30-25-7-3-4-8-26(25)34-16-15-31-28(32)27(36-29(31)33)18-20-10-13-24(14-11-20)35-19-21-9-12-22-5-1-2-6-23(22)17-21/h1-14,17-18H,15-16,19H2/b27-18-. The molecular formula is C29H22ClNO4S. The Morgan fingerprint density at radius 2 is 1.58 bits per heavy atom. The summed E-state index contributed by atoms with van der Waals surface area (Å²) in [6.07, 6.45) is 1.72. The molecule has 0 radical (unpaired) electrons. The molecule has 5 nitrogen and oxygen atoms in total. The van der Waals surface area contributed by atoms with E-state index in [9.17, 15) is 9.59 Å². The van der Waals surface area contributed by atoms with Crippen LogP contribution in [0.1, 0.15) is 11.1 Å². The summed E-state index contributed by atoms with van der Waals surface area (Å²) in [7, 11) is 0. The summed E-state index contributed by atoms with van der Waals surface area (Å²) in [5, 5.41) is 2.54. The Bertz CT molecular complexity index is 1450. The molecule has 1 fully saturated rings. The van der Waals surface area contributed by atoms with Gasteiger partial charge in [0, 0.05) is 0 Å². The van der Waals surface area contributed by atoms with E-state index in [1.165, 1.54) is 15.7 Å². The molecule has 1 aliphatic rings. The number of ether oxygens (including phenoxy) is 2. The first-order chi connectivity index (χ1) is 17.6. The highest BCUT2D eigenvalue weighted by molar-refractivity contribution is 8.18. The normalized spacial score (nSPS) is 14.6. The van der Waals surface area contributed by atoms with Gasteiger partial charge in [-0.2, -0.15) is 0 Å². The molecule has 2 amide bonds. The van der Waals surface area contributed by atoms with Crippen molar-refractivity contribution in [2.24, 2.45) is 0 Å². The Labute approximate surface area is 218 Å². The minimum atomic E-state index is -0.329. The molecule has 7 heteroatoms. The summed E-state index contributed by atoms with van der Waals surface area (Å²) in [4.78, 5) is 26.7. The third-order valence-electron chi connectivity index (χ3n) is 5.68. The smallest absolute Gasteiger partial charge is 0.293 e. The van der Waals surface area contributed by atoms with Gasteiger partial charge < -0.3 is 9.47 Å². The van der Waals surface area contributed by atoms with Gasteiger partial charge >= 0.3 is 0 Å². The zero-order chi connectivity index (χ0) is 24.9. The molecule has 0 N–H and O–H groups in total. The number of benzene rings is 4. The number of carbonyl (C=O) groups excluding carboxylic acids is 2. The number of amides is 2. The van der Waals surface area contributed by atoms with E-state index in [1.807, 2.05) is 42.5 Å². The molecule has 0 spiro atoms. The Morgan fingerprint density at radius 3 is 2.39 bits per heavy atom. The van der Waals surface area contributed by atoms with Gasteiger partial charge in [-0.1, -0.05) is 72.3 Å². The van der Waals surface area contributed by atoms with Gasteiger partial charge in [-0.15, -0.1) is 0 Å². The number of hydrogen-bond donors (Lipinski definition) is 0. The fourth-order valence-electron chi connectivity index (χ4n) is 3.81. The maximum absolute atomic E-state index is 12.8. The highest BCUT2D eigenvalue weighted by atomic mass is 35.5. The van der Waals surface area contributed by atoms with Crippen molar-refractivity contribution in [2.45, 2.75) is 6.61 Å². The maximum Gasteiger partial charge on any atom is 0.293 e. The minimum Gasteiger partial charge on any atom is -0.490 e. The third kappa shape index (κ3) is 5.56. The second-order valence-corrected chi connectivity index (χ2v) is 9.55. The lowest BCUT2D eigenvalue weighted by atomic mass is 10.1. The molecule has 1 saturated heterocycles. The zero-order valence-corrected chi connectivity index (χ0v) is 20.8. The molecule has 5 rings (SSSR count). The molecule has 0 unspecified atom stereocenters. The molecule has 0 aromatic heterocycles. The van der Waals surface area contributed by atoms with Crippen LogP contribution >= 0.6 is 23.4 Å². The van der Waals surface area contributed by atoms with Crippen molar-refractivity contribution in [1.29, 1.82) is 0 Å². The lowest BCUT2D eigenvalue weighted by Gasteiger charge is -2.13. The van der Waals surface area contributed by atoms with E-state index in [-0.39, 0.29) is 24.3 Å². The number of rotatable bonds is 8. The Morgan fingerprint density at radius 1 is 0.833 bits per heavy atom. The topological polar surface area (TPSA) is 55.8 Å². The van der Waals surface area contributed by atoms with Gasteiger partial charge in [-0.25, -0.2) is 0 Å². The van der Waals surface area contributed by atoms with E-state index >= 15 is 0 Å². The molecule has 4 aromatic rings. The zero-order valence-electron chi connectivity index (χ0n) is 19.2. The van der Waals surface area contributed by atoms with E-state index in [4.69, 9.17) is 21.1 Å². The molecular weight excluding hydrogens is 494 g/mol. The van der Waals surface area contributed by atoms with E-state index in [1.54, 1.807) is 24.3 Å². The minimum absolute atomic E-state index is 0.148. The van der Waals surface area contributed by atoms with Crippen LogP contribution in [0.2, 0.25) is 5.02 Å². The molecule has 36 heavy (non-hydrogen) atoms. The van der Waals surface area contributed by atoms with Gasteiger partial charge in [0.15, 0.2) is 0 Å². The van der Waals surface area contributed by atoms with E-state index < -0.39 is 0 Å². The second-order valence-electron chi connectivity index (χ2n) is 8.15. The van der Waals surface area contributed by atoms with Crippen molar-refractivity contribution in [3.05, 3.63) is 112 Å². The number of nitrogens with zero attached hydrogens (tertiary/aromatic N) is 1. The molecule has 0 atom stereocenters. The first kappa shape index (κ1) is 24.0. The van der Waals surface area contributed by atoms with Gasteiger partial charge in [0.2, 0.25) is 0 Å². The highest BCUT2D eigenvalue weighted by Gasteiger charge is 2.34. The molecule has 0 aliphatic carbocycles. The van der Waals surface area contributed by atoms with Gasteiger partial charge in [-0.3, -0.25) is 14.5 Å². The number of halogens is 1. The SMILES string of the molecule is O=C1S/C(=C\c2ccc(OCc3ccc4ccccc4c3)cc2)C(=O)N1CCOc1ccccc1Cl. The van der Waals surface area contributed by atoms with Crippen LogP contribution in [-0.4, -0.2) is 29.2 Å². The summed E-state index contributed by atoms with van der Waals surface area (Å²) in [5.41, 5.74) is 1.90. The molecule has 180 valence electrons. The molecule has 4 aromatic carbocycles. The lowest BCUT2D eigenvalue weighted by molar-refractivity contribution is -0.123. The summed E-state index contributed by atoms with van der Waals surface area (Å²) in [6, 6.07) is 29.0. The van der Waals surface area contributed by atoms with Crippen molar-refractivity contribution in [2.75, 3.05) is 13.2 Å². The van der Waals surface area contributed by atoms with Crippen molar-refractivity contribution >= 4 is 51.4 Å². The average Bonchev–Trinajstić information content (AvgIpc) is 3.16. The van der Waals surface area contributed by atoms with Crippen LogP contribution in [-0.2, 0) is 11.4 Å². The average molecular weight is 516 g/mol. The predicted molar refractivity (Wildman–Crippen MR) is 144 cm³/mol. The number of para-hydroxylation sites is 1. The Kier molecular flexibility index (Phi) is 7.26. The number of imide groups is 1. The van der Waals surface area contributed by atoms with Gasteiger partial charge in [0.25, 0.3) is 11.1 Å². The van der Waals surface area contributed by atoms with Crippen LogP contribution in [0.5, 0.6) is 11.5 Å². The molecule has 1 heterocycles. The summed E-state index contributed by atoms with van der Waals surface area (Å²) >= 11 is 7.00. The van der Waals surface area contributed by atoms with Crippen molar-refractivity contribution in [1.82, 2.24) is 4.90 Å². The highest BCUT2D eigenvalue weighted by Crippen LogP contribution is 2.32. The van der Waals surface area contributed by atoms with Crippen LogP contribution in [0.3, 0.4) is 0 Å². The van der Waals surface area contributed by atoms with Crippen LogP contribution in [0.25, 0.3) is 16.8 Å². The molecule has 0 bridgehead atoms. The van der Waals surface area contributed by atoms with E-state index in [0.29, 0.717) is 22.3 Å². The van der Waals surface area contributed by atoms with Crippen LogP contribution in [0.15, 0.2) is 95.9 Å². The molecule has 0 saturated carbocycles. The van der Waals surface area contributed by atoms with Crippen LogP contribution in [0, 0.1) is 0 Å². The quantitative estimate of drug-likeness (QED) is 0.232. The van der Waals surface area contributed by atoms with Crippen molar-refractivity contribution < 1.29 is 19.1 Å². The van der Waals surface area contributed by atoms with E-state index in [2.05, 4.69) is 30.3 Å². The first-order valence-corrected chi connectivity index (χ1v) is 12.6. The van der Waals surface area contributed by atoms with Crippen LogP contribution < -0.4 is 9.47 Å². The first-order valence-electron chi connectivity index (χ1n) is 11.4. The van der Waals surface area contributed by atoms with Gasteiger partial charge in [0.05, 0.1) is 16.5 Å². The maximum atomic E-state index is 12.8. The van der Waals surface area contributed by atoms with Crippen LogP contribution in [0.4, 0.5) is 4.79 Å². The summed E-state index contributed by atoms with van der Waals surface area (Å²) in [5.74, 6) is 0.916. The lowest BCUT2D eigenvalue weighted by Crippen LogP contribution is -2.32. The summed E-state index contributed by atoms with van der Waals surface area (Å²) < 4.78 is 11.5. The number of hydrogen-bond acceptors (Lipinski definition) is 5. The monoisotopic (exact) mass is 515 g/mol. The van der Waals surface area contributed by atoms with Gasteiger partial charge in [0.1, 0.15) is 24.7 Å². The van der Waals surface area contributed by atoms with Gasteiger partial charge in [-0.05, 0) is 70.1 Å². The van der Waals surface area contributed by atoms with E-state index in [0.717, 1.165) is 28.6 Å². The number of fused-ring (bicyclic) bond motifs is 1. The summed E-state index contributed by atoms with van der Waals surface area (Å²) in [6.45, 7) is 0.770. The fraction of sp³-hybridized carbons (Fsp3) is 0.103. The third-order valence-corrected chi connectivity index (χ3v) is 6.90. The number of thioether (sulfide) groups is 1. The predicted octanol–water partition coefficient (Wildman–Crippen LogP) is 7.19. The van der Waals surface area contributed by atoms with Crippen molar-refractivity contribution in [3.8, 4) is 11.5 Å². The Hall–Kier alpha value is -3.74. The number of carbonyl (C=O) groups is 2.